The third-order valence-corrected chi connectivity index (χ3v) is 3.45. The molecular weight excluding hydrogens is 303 g/mol. The van der Waals surface area contributed by atoms with Crippen molar-refractivity contribution in [3.63, 3.8) is 0 Å². The molecular formula is C12H10BrFN2S. The van der Waals surface area contributed by atoms with E-state index in [4.69, 9.17) is 0 Å². The van der Waals surface area contributed by atoms with Crippen molar-refractivity contribution in [3.05, 3.63) is 52.0 Å². The molecule has 88 valence electrons. The van der Waals surface area contributed by atoms with E-state index in [2.05, 4.69) is 25.9 Å². The summed E-state index contributed by atoms with van der Waals surface area (Å²) in [6.45, 7) is 1.92. The van der Waals surface area contributed by atoms with E-state index >= 15 is 0 Å². The Morgan fingerprint density at radius 3 is 2.88 bits per heavy atom. The molecule has 0 saturated carbocycles. The Labute approximate surface area is 112 Å². The van der Waals surface area contributed by atoms with Crippen molar-refractivity contribution >= 4 is 27.7 Å². The summed E-state index contributed by atoms with van der Waals surface area (Å²) in [6, 6.07) is 6.71. The number of halogens is 2. The number of benzene rings is 1. The molecule has 17 heavy (non-hydrogen) atoms. The summed E-state index contributed by atoms with van der Waals surface area (Å²) >= 11 is 4.77. The first kappa shape index (κ1) is 12.5. The second kappa shape index (κ2) is 5.60. The zero-order chi connectivity index (χ0) is 12.3. The molecule has 2 rings (SSSR count). The lowest BCUT2D eigenvalue weighted by Crippen LogP contribution is -1.90. The molecule has 1 aromatic heterocycles. The zero-order valence-corrected chi connectivity index (χ0v) is 11.6. The van der Waals surface area contributed by atoms with Crippen molar-refractivity contribution in [1.29, 1.82) is 0 Å². The Kier molecular flexibility index (Phi) is 4.12. The maximum atomic E-state index is 13.1. The molecule has 0 aliphatic carbocycles. The monoisotopic (exact) mass is 312 g/mol. The van der Waals surface area contributed by atoms with Crippen LogP contribution in [0.2, 0.25) is 0 Å². The predicted molar refractivity (Wildman–Crippen MR) is 70.4 cm³/mol. The van der Waals surface area contributed by atoms with Crippen molar-refractivity contribution < 1.29 is 4.39 Å². The summed E-state index contributed by atoms with van der Waals surface area (Å²) in [7, 11) is 0. The molecule has 0 radical (unpaired) electrons. The largest absolute Gasteiger partial charge is 0.231 e. The number of aromatic nitrogens is 2. The number of hydrogen-bond donors (Lipinski definition) is 0. The van der Waals surface area contributed by atoms with Crippen LogP contribution in [-0.4, -0.2) is 9.97 Å². The van der Waals surface area contributed by atoms with Gasteiger partial charge in [0.25, 0.3) is 0 Å². The fraction of sp³-hybridized carbons (Fsp3) is 0.167. The molecule has 0 amide bonds. The normalized spacial score (nSPS) is 10.5. The highest BCUT2D eigenvalue weighted by Crippen LogP contribution is 2.22. The van der Waals surface area contributed by atoms with Crippen LogP contribution in [0.5, 0.6) is 0 Å². The van der Waals surface area contributed by atoms with E-state index in [1.807, 2.05) is 19.1 Å². The van der Waals surface area contributed by atoms with Gasteiger partial charge in [0, 0.05) is 22.1 Å². The van der Waals surface area contributed by atoms with Crippen LogP contribution in [0, 0.1) is 12.7 Å². The lowest BCUT2D eigenvalue weighted by Gasteiger charge is -2.02. The molecule has 0 atom stereocenters. The van der Waals surface area contributed by atoms with Crippen LogP contribution in [0.25, 0.3) is 0 Å². The Hall–Kier alpha value is -0.940. The van der Waals surface area contributed by atoms with Gasteiger partial charge in [-0.1, -0.05) is 27.7 Å². The molecule has 5 heteroatoms. The van der Waals surface area contributed by atoms with Gasteiger partial charge in [0.15, 0.2) is 5.16 Å². The number of hydrogen-bond acceptors (Lipinski definition) is 3. The summed E-state index contributed by atoms with van der Waals surface area (Å²) in [6.07, 6.45) is 1.73. The maximum absolute atomic E-state index is 13.1. The van der Waals surface area contributed by atoms with Crippen LogP contribution in [0.3, 0.4) is 0 Å². The summed E-state index contributed by atoms with van der Waals surface area (Å²) in [5.41, 5.74) is 1.84. The minimum Gasteiger partial charge on any atom is -0.231 e. The lowest BCUT2D eigenvalue weighted by atomic mass is 10.2. The van der Waals surface area contributed by atoms with E-state index in [1.165, 1.54) is 23.9 Å². The summed E-state index contributed by atoms with van der Waals surface area (Å²) in [5.74, 6) is 0.417. The molecule has 0 aliphatic rings. The fourth-order valence-electron chi connectivity index (χ4n) is 1.34. The molecule has 2 nitrogen and oxygen atoms in total. The van der Waals surface area contributed by atoms with Crippen LogP contribution >= 0.6 is 27.7 Å². The minimum atomic E-state index is -0.236. The van der Waals surface area contributed by atoms with Crippen molar-refractivity contribution in [2.75, 3.05) is 0 Å². The van der Waals surface area contributed by atoms with Crippen molar-refractivity contribution in [2.45, 2.75) is 17.8 Å². The zero-order valence-electron chi connectivity index (χ0n) is 9.15. The van der Waals surface area contributed by atoms with Crippen LogP contribution in [-0.2, 0) is 5.75 Å². The third-order valence-electron chi connectivity index (χ3n) is 2.06. The van der Waals surface area contributed by atoms with E-state index < -0.39 is 0 Å². The van der Waals surface area contributed by atoms with Gasteiger partial charge in [-0.15, -0.1) is 0 Å². The number of aryl methyl sites for hydroxylation is 1. The topological polar surface area (TPSA) is 25.8 Å². The smallest absolute Gasteiger partial charge is 0.188 e. The molecule has 1 heterocycles. The molecule has 0 aliphatic heterocycles. The second-order valence-corrected chi connectivity index (χ2v) is 5.41. The van der Waals surface area contributed by atoms with E-state index in [9.17, 15) is 4.39 Å². The average Bonchev–Trinajstić information content (AvgIpc) is 2.25. The van der Waals surface area contributed by atoms with Crippen molar-refractivity contribution in [2.24, 2.45) is 0 Å². The molecule has 0 unspecified atom stereocenters. The van der Waals surface area contributed by atoms with Crippen molar-refractivity contribution in [3.8, 4) is 0 Å². The van der Waals surface area contributed by atoms with E-state index in [-0.39, 0.29) is 5.82 Å². The third kappa shape index (κ3) is 3.78. The SMILES string of the molecule is Cc1ccnc(SCc2cc(F)cc(Br)c2)n1. The molecule has 0 bridgehead atoms. The summed E-state index contributed by atoms with van der Waals surface area (Å²) in [5, 5.41) is 0.713. The van der Waals surface area contributed by atoms with Gasteiger partial charge in [-0.05, 0) is 36.8 Å². The van der Waals surface area contributed by atoms with E-state index in [0.29, 0.717) is 10.9 Å². The summed E-state index contributed by atoms with van der Waals surface area (Å²) in [4.78, 5) is 8.43. The van der Waals surface area contributed by atoms with Crippen molar-refractivity contribution in [1.82, 2.24) is 9.97 Å². The fourth-order valence-corrected chi connectivity index (χ4v) is 2.66. The Morgan fingerprint density at radius 2 is 2.18 bits per heavy atom. The van der Waals surface area contributed by atoms with E-state index in [0.717, 1.165) is 15.7 Å². The highest BCUT2D eigenvalue weighted by molar-refractivity contribution is 9.10. The molecule has 0 fully saturated rings. The standard InChI is InChI=1S/C12H10BrFN2S/c1-8-2-3-15-12(16-8)17-7-9-4-10(13)6-11(14)5-9/h2-6H,7H2,1H3. The molecule has 0 N–H and O–H groups in total. The first-order valence-electron chi connectivity index (χ1n) is 5.01. The minimum absolute atomic E-state index is 0.236. The molecule has 2 aromatic rings. The van der Waals surface area contributed by atoms with Crippen LogP contribution in [0.1, 0.15) is 11.3 Å². The van der Waals surface area contributed by atoms with Gasteiger partial charge in [0.05, 0.1) is 0 Å². The molecule has 0 saturated heterocycles. The quantitative estimate of drug-likeness (QED) is 0.633. The first-order valence-corrected chi connectivity index (χ1v) is 6.79. The molecule has 1 aromatic carbocycles. The first-order chi connectivity index (χ1) is 8.13. The maximum Gasteiger partial charge on any atom is 0.188 e. The van der Waals surface area contributed by atoms with Gasteiger partial charge in [0.1, 0.15) is 5.82 Å². The average molecular weight is 313 g/mol. The molecule has 0 spiro atoms. The number of thioether (sulfide) groups is 1. The Bertz CT molecular complexity index is 513. The van der Waals surface area contributed by atoms with Gasteiger partial charge in [0.2, 0.25) is 0 Å². The van der Waals surface area contributed by atoms with Crippen LogP contribution in [0.15, 0.2) is 40.1 Å². The van der Waals surface area contributed by atoms with Gasteiger partial charge >= 0.3 is 0 Å². The second-order valence-electron chi connectivity index (χ2n) is 3.55. The number of rotatable bonds is 3. The van der Waals surface area contributed by atoms with Gasteiger partial charge in [-0.3, -0.25) is 0 Å². The van der Waals surface area contributed by atoms with Crippen LogP contribution in [0.4, 0.5) is 4.39 Å². The number of nitrogens with zero attached hydrogens (tertiary/aromatic N) is 2. The Morgan fingerprint density at radius 1 is 1.35 bits per heavy atom. The van der Waals surface area contributed by atoms with Crippen LogP contribution < -0.4 is 0 Å². The van der Waals surface area contributed by atoms with Gasteiger partial charge < -0.3 is 0 Å². The lowest BCUT2D eigenvalue weighted by molar-refractivity contribution is 0.625. The van der Waals surface area contributed by atoms with E-state index in [1.54, 1.807) is 6.20 Å². The summed E-state index contributed by atoms with van der Waals surface area (Å²) < 4.78 is 13.9. The highest BCUT2D eigenvalue weighted by atomic mass is 79.9. The highest BCUT2D eigenvalue weighted by Gasteiger charge is 2.02. The van der Waals surface area contributed by atoms with Gasteiger partial charge in [-0.25, -0.2) is 14.4 Å². The van der Waals surface area contributed by atoms with Gasteiger partial charge in [-0.2, -0.15) is 0 Å². The Balaban J connectivity index is 2.07. The predicted octanol–water partition coefficient (Wildman–Crippen LogP) is 3.98.